The highest BCUT2D eigenvalue weighted by Crippen LogP contribution is 2.40. The third-order valence-corrected chi connectivity index (χ3v) is 4.38. The van der Waals surface area contributed by atoms with Gasteiger partial charge in [0.15, 0.2) is 11.0 Å². The van der Waals surface area contributed by atoms with Crippen molar-refractivity contribution in [2.45, 2.75) is 36.1 Å². The van der Waals surface area contributed by atoms with E-state index in [-0.39, 0.29) is 5.25 Å². The predicted octanol–water partition coefficient (Wildman–Crippen LogP) is 3.68. The number of thioether (sulfide) groups is 1. The summed E-state index contributed by atoms with van der Waals surface area (Å²) in [6.45, 7) is 2.06. The van der Waals surface area contributed by atoms with Crippen molar-refractivity contribution in [3.05, 3.63) is 36.0 Å². The molecular formula is C14H14N4OS. The molecule has 1 aromatic carbocycles. The van der Waals surface area contributed by atoms with Gasteiger partial charge in [-0.05, 0) is 31.9 Å². The van der Waals surface area contributed by atoms with Crippen molar-refractivity contribution < 1.29 is 4.52 Å². The lowest BCUT2D eigenvalue weighted by atomic mass is 10.3. The van der Waals surface area contributed by atoms with Crippen LogP contribution in [0.25, 0.3) is 11.0 Å². The van der Waals surface area contributed by atoms with Gasteiger partial charge in [0.1, 0.15) is 0 Å². The SMILES string of the molecule is CC(Sc1nc2ccccc2[nH]1)c1nc(C2CC2)no1. The first kappa shape index (κ1) is 12.0. The number of hydrogen-bond acceptors (Lipinski definition) is 5. The summed E-state index contributed by atoms with van der Waals surface area (Å²) < 4.78 is 5.35. The van der Waals surface area contributed by atoms with E-state index in [2.05, 4.69) is 27.0 Å². The Morgan fingerprint density at radius 3 is 2.95 bits per heavy atom. The maximum absolute atomic E-state index is 5.35. The maximum Gasteiger partial charge on any atom is 0.239 e. The van der Waals surface area contributed by atoms with Crippen LogP contribution in [-0.4, -0.2) is 20.1 Å². The Morgan fingerprint density at radius 1 is 1.30 bits per heavy atom. The highest BCUT2D eigenvalue weighted by molar-refractivity contribution is 7.99. The summed E-state index contributed by atoms with van der Waals surface area (Å²) in [7, 11) is 0. The van der Waals surface area contributed by atoms with E-state index in [1.165, 1.54) is 12.8 Å². The van der Waals surface area contributed by atoms with Crippen LogP contribution in [0.15, 0.2) is 33.9 Å². The minimum Gasteiger partial charge on any atom is -0.338 e. The number of aromatic nitrogens is 4. The van der Waals surface area contributed by atoms with E-state index in [4.69, 9.17) is 4.52 Å². The molecule has 0 radical (unpaired) electrons. The molecule has 1 N–H and O–H groups in total. The molecule has 102 valence electrons. The fraction of sp³-hybridized carbons (Fsp3) is 0.357. The number of nitrogens with zero attached hydrogens (tertiary/aromatic N) is 3. The lowest BCUT2D eigenvalue weighted by Gasteiger charge is -2.02. The van der Waals surface area contributed by atoms with Gasteiger partial charge < -0.3 is 9.51 Å². The Kier molecular flexibility index (Phi) is 2.77. The standard InChI is InChI=1S/C14H14N4OS/c1-8(13-17-12(18-19-13)9-6-7-9)20-14-15-10-4-2-3-5-11(10)16-14/h2-5,8-9H,6-7H2,1H3,(H,15,16). The van der Waals surface area contributed by atoms with Gasteiger partial charge >= 0.3 is 0 Å². The fourth-order valence-electron chi connectivity index (χ4n) is 2.12. The molecule has 1 aliphatic rings. The van der Waals surface area contributed by atoms with Crippen LogP contribution in [-0.2, 0) is 0 Å². The summed E-state index contributed by atoms with van der Waals surface area (Å²) in [6, 6.07) is 8.01. The monoisotopic (exact) mass is 286 g/mol. The maximum atomic E-state index is 5.35. The summed E-state index contributed by atoms with van der Waals surface area (Å²) in [5.74, 6) is 2.06. The Bertz CT molecular complexity index is 713. The van der Waals surface area contributed by atoms with E-state index in [9.17, 15) is 0 Å². The van der Waals surface area contributed by atoms with Crippen LogP contribution in [0.1, 0.15) is 42.6 Å². The summed E-state index contributed by atoms with van der Waals surface area (Å²) in [4.78, 5) is 12.3. The molecule has 4 rings (SSSR count). The van der Waals surface area contributed by atoms with Gasteiger partial charge in [0.25, 0.3) is 0 Å². The Morgan fingerprint density at radius 2 is 2.15 bits per heavy atom. The number of rotatable bonds is 4. The van der Waals surface area contributed by atoms with Gasteiger partial charge in [-0.1, -0.05) is 29.1 Å². The molecule has 1 unspecified atom stereocenters. The first-order chi connectivity index (χ1) is 9.79. The van der Waals surface area contributed by atoms with Crippen molar-refractivity contribution in [2.24, 2.45) is 0 Å². The first-order valence-corrected chi connectivity index (χ1v) is 7.62. The molecule has 2 heterocycles. The van der Waals surface area contributed by atoms with Crippen molar-refractivity contribution >= 4 is 22.8 Å². The lowest BCUT2D eigenvalue weighted by Crippen LogP contribution is -1.90. The van der Waals surface area contributed by atoms with Gasteiger partial charge in [0, 0.05) is 5.92 Å². The van der Waals surface area contributed by atoms with Gasteiger partial charge in [-0.25, -0.2) is 4.98 Å². The zero-order chi connectivity index (χ0) is 13.5. The molecule has 3 aromatic rings. The second kappa shape index (κ2) is 4.63. The summed E-state index contributed by atoms with van der Waals surface area (Å²) in [5, 5.41) is 5.03. The molecular weight excluding hydrogens is 272 g/mol. The minimum atomic E-state index is 0.0931. The van der Waals surface area contributed by atoms with E-state index in [0.29, 0.717) is 11.8 Å². The summed E-state index contributed by atoms with van der Waals surface area (Å²) >= 11 is 1.60. The molecule has 1 fully saturated rings. The van der Waals surface area contributed by atoms with Crippen LogP contribution < -0.4 is 0 Å². The van der Waals surface area contributed by atoms with Gasteiger partial charge in [-0.3, -0.25) is 0 Å². The average molecular weight is 286 g/mol. The van der Waals surface area contributed by atoms with E-state index in [1.54, 1.807) is 11.8 Å². The van der Waals surface area contributed by atoms with Crippen LogP contribution in [0.2, 0.25) is 0 Å². The highest BCUT2D eigenvalue weighted by Gasteiger charge is 2.29. The van der Waals surface area contributed by atoms with Crippen molar-refractivity contribution in [1.82, 2.24) is 20.1 Å². The number of aromatic amines is 1. The van der Waals surface area contributed by atoms with Crippen LogP contribution in [0.3, 0.4) is 0 Å². The molecule has 1 atom stereocenters. The molecule has 20 heavy (non-hydrogen) atoms. The second-order valence-electron chi connectivity index (χ2n) is 5.08. The summed E-state index contributed by atoms with van der Waals surface area (Å²) in [5.41, 5.74) is 2.03. The normalized spacial score (nSPS) is 16.6. The molecule has 1 aliphatic carbocycles. The zero-order valence-corrected chi connectivity index (χ0v) is 11.9. The molecule has 0 bridgehead atoms. The first-order valence-electron chi connectivity index (χ1n) is 6.74. The lowest BCUT2D eigenvalue weighted by molar-refractivity contribution is 0.375. The van der Waals surface area contributed by atoms with Gasteiger partial charge in [0.05, 0.1) is 16.3 Å². The molecule has 0 aliphatic heterocycles. The molecule has 0 saturated heterocycles. The molecule has 5 nitrogen and oxygen atoms in total. The second-order valence-corrected chi connectivity index (χ2v) is 6.41. The number of nitrogens with one attached hydrogen (secondary N) is 1. The van der Waals surface area contributed by atoms with Crippen LogP contribution in [0.5, 0.6) is 0 Å². The van der Waals surface area contributed by atoms with E-state index in [0.717, 1.165) is 22.0 Å². The van der Waals surface area contributed by atoms with Gasteiger partial charge in [-0.15, -0.1) is 0 Å². The Balaban J connectivity index is 1.54. The van der Waals surface area contributed by atoms with Gasteiger partial charge in [0.2, 0.25) is 5.89 Å². The number of benzene rings is 1. The van der Waals surface area contributed by atoms with Crippen molar-refractivity contribution in [1.29, 1.82) is 0 Å². The molecule has 6 heteroatoms. The summed E-state index contributed by atoms with van der Waals surface area (Å²) in [6.07, 6.45) is 2.37. The number of para-hydroxylation sites is 2. The van der Waals surface area contributed by atoms with Gasteiger partial charge in [-0.2, -0.15) is 4.98 Å². The smallest absolute Gasteiger partial charge is 0.239 e. The van der Waals surface area contributed by atoms with Crippen LogP contribution >= 0.6 is 11.8 Å². The average Bonchev–Trinajstić information content (AvgIpc) is 3.03. The molecule has 1 saturated carbocycles. The number of hydrogen-bond donors (Lipinski definition) is 1. The Hall–Kier alpha value is -1.82. The van der Waals surface area contributed by atoms with Crippen LogP contribution in [0.4, 0.5) is 0 Å². The van der Waals surface area contributed by atoms with Crippen molar-refractivity contribution in [3.8, 4) is 0 Å². The number of fused-ring (bicyclic) bond motifs is 1. The van der Waals surface area contributed by atoms with E-state index < -0.39 is 0 Å². The molecule has 0 amide bonds. The predicted molar refractivity (Wildman–Crippen MR) is 76.6 cm³/mol. The number of H-pyrrole nitrogens is 1. The molecule has 2 aromatic heterocycles. The van der Waals surface area contributed by atoms with Crippen LogP contribution in [0, 0.1) is 0 Å². The highest BCUT2D eigenvalue weighted by atomic mass is 32.2. The Labute approximate surface area is 120 Å². The van der Waals surface area contributed by atoms with E-state index in [1.807, 2.05) is 24.3 Å². The topological polar surface area (TPSA) is 67.6 Å². The number of imidazole rings is 1. The quantitative estimate of drug-likeness (QED) is 0.741. The van der Waals surface area contributed by atoms with Crippen molar-refractivity contribution in [3.63, 3.8) is 0 Å². The molecule has 0 spiro atoms. The minimum absolute atomic E-state index is 0.0931. The largest absolute Gasteiger partial charge is 0.338 e. The van der Waals surface area contributed by atoms with E-state index >= 15 is 0 Å². The van der Waals surface area contributed by atoms with Crippen molar-refractivity contribution in [2.75, 3.05) is 0 Å². The third-order valence-electron chi connectivity index (χ3n) is 3.40. The zero-order valence-electron chi connectivity index (χ0n) is 11.0. The fourth-order valence-corrected chi connectivity index (χ4v) is 2.97. The third kappa shape index (κ3) is 2.20.